The van der Waals surface area contributed by atoms with E-state index in [1.165, 1.54) is 4.90 Å². The normalized spacial score (nSPS) is 20.3. The number of hydrogen-bond donors (Lipinski definition) is 3. The molecule has 10 nitrogen and oxygen atoms in total. The predicted octanol–water partition coefficient (Wildman–Crippen LogP) is 5.57. The molecule has 2 aliphatic rings. The highest BCUT2D eigenvalue weighted by Gasteiger charge is 2.51. The van der Waals surface area contributed by atoms with Crippen molar-refractivity contribution in [2.24, 2.45) is 5.92 Å². The second-order valence-corrected chi connectivity index (χ2v) is 13.7. The average molecular weight is 650 g/mol. The summed E-state index contributed by atoms with van der Waals surface area (Å²) in [6.07, 6.45) is 3.02. The molecule has 3 heterocycles. The second kappa shape index (κ2) is 13.9. The Kier molecular flexibility index (Phi) is 9.52. The lowest BCUT2D eigenvalue weighted by Gasteiger charge is -2.50. The highest BCUT2D eigenvalue weighted by Crippen LogP contribution is 2.34. The van der Waals surface area contributed by atoms with Crippen molar-refractivity contribution in [3.8, 4) is 0 Å². The number of hydrogen-bond acceptors (Lipinski definition) is 5. The summed E-state index contributed by atoms with van der Waals surface area (Å²) in [5.41, 5.74) is 2.88. The molecule has 3 N–H and O–H groups in total. The van der Waals surface area contributed by atoms with Gasteiger partial charge in [-0.15, -0.1) is 0 Å². The van der Waals surface area contributed by atoms with E-state index in [2.05, 4.69) is 15.6 Å². The summed E-state index contributed by atoms with van der Waals surface area (Å²) >= 11 is 0. The Hall–Kier alpha value is -5.12. The van der Waals surface area contributed by atoms with Crippen molar-refractivity contribution in [2.45, 2.75) is 76.7 Å². The maximum Gasteiger partial charge on any atom is 0.408 e. The molecule has 3 aromatic carbocycles. The Labute approximate surface area is 280 Å². The number of amides is 5. The molecule has 6 rings (SSSR count). The van der Waals surface area contributed by atoms with Crippen LogP contribution < -0.4 is 10.6 Å². The Balaban J connectivity index is 1.29. The number of ether oxygens (including phenoxy) is 1. The number of aromatic amines is 1. The number of benzene rings is 3. The molecule has 4 atom stereocenters. The summed E-state index contributed by atoms with van der Waals surface area (Å²) in [4.78, 5) is 61.8. The van der Waals surface area contributed by atoms with Gasteiger partial charge in [-0.2, -0.15) is 0 Å². The van der Waals surface area contributed by atoms with Crippen LogP contribution in [0.4, 0.5) is 9.59 Å². The number of nitrogens with zero attached hydrogens (tertiary/aromatic N) is 2. The van der Waals surface area contributed by atoms with Crippen LogP contribution in [0.2, 0.25) is 0 Å². The van der Waals surface area contributed by atoms with E-state index in [1.54, 1.807) is 25.7 Å². The lowest BCUT2D eigenvalue weighted by Crippen LogP contribution is -2.70. The number of H-pyrrole nitrogens is 1. The molecule has 2 fully saturated rings. The summed E-state index contributed by atoms with van der Waals surface area (Å²) in [5, 5.41) is 6.94. The minimum absolute atomic E-state index is 0.177. The van der Waals surface area contributed by atoms with E-state index in [0.717, 1.165) is 27.6 Å². The molecule has 2 aliphatic heterocycles. The zero-order valence-electron chi connectivity index (χ0n) is 27.6. The summed E-state index contributed by atoms with van der Waals surface area (Å²) < 4.78 is 5.53. The third kappa shape index (κ3) is 7.38. The van der Waals surface area contributed by atoms with Crippen LogP contribution in [0.3, 0.4) is 0 Å². The fraction of sp³-hybridized carbons (Fsp3) is 0.368. The number of piperidine rings is 1. The fourth-order valence-corrected chi connectivity index (χ4v) is 6.94. The third-order valence-electron chi connectivity index (χ3n) is 9.07. The van der Waals surface area contributed by atoms with Gasteiger partial charge in [-0.25, -0.2) is 9.59 Å². The van der Waals surface area contributed by atoms with Crippen LogP contribution in [-0.4, -0.2) is 69.0 Å². The first kappa shape index (κ1) is 32.8. The van der Waals surface area contributed by atoms with Gasteiger partial charge in [0.05, 0.1) is 24.5 Å². The number of rotatable bonds is 9. The minimum atomic E-state index is -0.966. The highest BCUT2D eigenvalue weighted by atomic mass is 16.6. The Bertz CT molecular complexity index is 1770. The van der Waals surface area contributed by atoms with Gasteiger partial charge in [-0.1, -0.05) is 78.9 Å². The van der Waals surface area contributed by atoms with Crippen molar-refractivity contribution in [2.75, 3.05) is 6.54 Å². The molecule has 0 saturated carbocycles. The molecular formula is C38H43N5O5. The first-order chi connectivity index (χ1) is 23.1. The van der Waals surface area contributed by atoms with E-state index in [4.69, 9.17) is 4.74 Å². The summed E-state index contributed by atoms with van der Waals surface area (Å²) in [7, 11) is 0. The zero-order chi connectivity index (χ0) is 33.8. The van der Waals surface area contributed by atoms with Gasteiger partial charge in [0.2, 0.25) is 11.8 Å². The van der Waals surface area contributed by atoms with Gasteiger partial charge in [0.1, 0.15) is 11.6 Å². The van der Waals surface area contributed by atoms with Crippen LogP contribution in [0.5, 0.6) is 0 Å². The maximum atomic E-state index is 14.3. The number of fused-ring (bicyclic) bond motifs is 2. The van der Waals surface area contributed by atoms with Gasteiger partial charge in [0.15, 0.2) is 0 Å². The third-order valence-corrected chi connectivity index (χ3v) is 9.07. The summed E-state index contributed by atoms with van der Waals surface area (Å²) in [6, 6.07) is 24.7. The zero-order valence-corrected chi connectivity index (χ0v) is 27.6. The number of carbonyl (C=O) groups is 4. The molecule has 250 valence electrons. The fourth-order valence-electron chi connectivity index (χ4n) is 6.94. The molecule has 0 spiro atoms. The van der Waals surface area contributed by atoms with Crippen LogP contribution in [0, 0.1) is 5.92 Å². The molecule has 1 aromatic heterocycles. The molecule has 5 amide bonds. The molecule has 0 bridgehead atoms. The van der Waals surface area contributed by atoms with Crippen molar-refractivity contribution in [3.05, 3.63) is 108 Å². The quantitative estimate of drug-likeness (QED) is 0.219. The number of aromatic nitrogens is 1. The van der Waals surface area contributed by atoms with Gasteiger partial charge in [0.25, 0.3) is 0 Å². The Morgan fingerprint density at radius 2 is 1.60 bits per heavy atom. The average Bonchev–Trinajstić information content (AvgIpc) is 3.47. The second-order valence-electron chi connectivity index (χ2n) is 13.7. The van der Waals surface area contributed by atoms with Gasteiger partial charge in [0, 0.05) is 30.1 Å². The highest BCUT2D eigenvalue weighted by molar-refractivity contribution is 5.99. The standard InChI is InChI=1S/C38H43N5O5/c1-38(2,3)48-36(46)41-32(22-27-23-39-30-18-11-10-17-28(27)30)34(44)40-31-19-12-20-42-33(31)29(21-25-13-6-4-7-14-25)35(45)43(37(42)47)24-26-15-8-5-9-16-26/h4-11,13-18,23,29,31-33,39H,12,19-22,24H2,1-3H3,(H,40,44)(H,41,46)/t29-,31+,32-,33+/m0/s1. The van der Waals surface area contributed by atoms with E-state index in [1.807, 2.05) is 91.1 Å². The summed E-state index contributed by atoms with van der Waals surface area (Å²) in [6.45, 7) is 5.96. The van der Waals surface area contributed by atoms with E-state index < -0.39 is 41.6 Å². The van der Waals surface area contributed by atoms with Gasteiger partial charge in [-0.3, -0.25) is 14.5 Å². The molecular weight excluding hydrogens is 606 g/mol. The lowest BCUT2D eigenvalue weighted by molar-refractivity contribution is -0.142. The van der Waals surface area contributed by atoms with Crippen molar-refractivity contribution >= 4 is 34.8 Å². The first-order valence-corrected chi connectivity index (χ1v) is 16.6. The Morgan fingerprint density at radius 3 is 2.31 bits per heavy atom. The number of carbonyl (C=O) groups excluding carboxylic acids is 4. The van der Waals surface area contributed by atoms with Gasteiger partial charge < -0.3 is 25.3 Å². The van der Waals surface area contributed by atoms with E-state index in [0.29, 0.717) is 25.8 Å². The molecule has 2 saturated heterocycles. The predicted molar refractivity (Wildman–Crippen MR) is 183 cm³/mol. The van der Waals surface area contributed by atoms with Crippen LogP contribution in [-0.2, 0) is 33.7 Å². The topological polar surface area (TPSA) is 124 Å². The van der Waals surface area contributed by atoms with Crippen molar-refractivity contribution < 1.29 is 23.9 Å². The SMILES string of the molecule is CC(C)(C)OC(=O)N[C@@H](Cc1c[nH]c2ccccc12)C(=O)N[C@@H]1CCCN2C(=O)N(Cc3ccccc3)C(=O)[C@@H](Cc3ccccc3)[C@H]12. The number of urea groups is 1. The largest absolute Gasteiger partial charge is 0.444 e. The number of imide groups is 1. The number of para-hydroxylation sites is 1. The van der Waals surface area contributed by atoms with Crippen LogP contribution in [0.25, 0.3) is 10.9 Å². The molecule has 10 heteroatoms. The van der Waals surface area contributed by atoms with E-state index >= 15 is 0 Å². The smallest absolute Gasteiger partial charge is 0.408 e. The van der Waals surface area contributed by atoms with Crippen LogP contribution >= 0.6 is 0 Å². The van der Waals surface area contributed by atoms with Crippen molar-refractivity contribution in [1.82, 2.24) is 25.4 Å². The maximum absolute atomic E-state index is 14.3. The molecule has 0 unspecified atom stereocenters. The molecule has 0 aliphatic carbocycles. The van der Waals surface area contributed by atoms with E-state index in [-0.39, 0.29) is 24.9 Å². The van der Waals surface area contributed by atoms with Crippen LogP contribution in [0.1, 0.15) is 50.3 Å². The minimum Gasteiger partial charge on any atom is -0.444 e. The number of alkyl carbamates (subject to hydrolysis) is 1. The molecule has 48 heavy (non-hydrogen) atoms. The lowest BCUT2D eigenvalue weighted by atomic mass is 9.80. The van der Waals surface area contributed by atoms with Gasteiger partial charge >= 0.3 is 12.1 Å². The van der Waals surface area contributed by atoms with Crippen LogP contribution in [0.15, 0.2) is 91.1 Å². The van der Waals surface area contributed by atoms with Crippen molar-refractivity contribution in [3.63, 3.8) is 0 Å². The van der Waals surface area contributed by atoms with E-state index in [9.17, 15) is 19.2 Å². The monoisotopic (exact) mass is 649 g/mol. The molecule has 4 aromatic rings. The van der Waals surface area contributed by atoms with Gasteiger partial charge in [-0.05, 0) is 62.8 Å². The Morgan fingerprint density at radius 1 is 0.938 bits per heavy atom. The van der Waals surface area contributed by atoms with Crippen molar-refractivity contribution in [1.29, 1.82) is 0 Å². The first-order valence-electron chi connectivity index (χ1n) is 16.6. The summed E-state index contributed by atoms with van der Waals surface area (Å²) in [5.74, 6) is -1.23. The molecule has 0 radical (unpaired) electrons. The number of nitrogens with one attached hydrogen (secondary N) is 3.